The first-order chi connectivity index (χ1) is 20.3. The molecular formula is C29H23Cl2F3N4O4S. The minimum absolute atomic E-state index is 0.0218. The van der Waals surface area contributed by atoms with Crippen molar-refractivity contribution >= 4 is 55.7 Å². The lowest BCUT2D eigenvalue weighted by molar-refractivity contribution is -0.137. The zero-order valence-corrected chi connectivity index (χ0v) is 24.7. The molecule has 0 radical (unpaired) electrons. The van der Waals surface area contributed by atoms with Crippen LogP contribution in [0.5, 0.6) is 11.5 Å². The summed E-state index contributed by atoms with van der Waals surface area (Å²) in [4.78, 5) is -0.0472. The quantitative estimate of drug-likeness (QED) is 0.143. The van der Waals surface area contributed by atoms with Crippen LogP contribution in [0.25, 0.3) is 21.9 Å². The molecular weight excluding hydrogens is 628 g/mol. The number of hydrogen-bond acceptors (Lipinski definition) is 6. The Balaban J connectivity index is 1.69. The fourth-order valence-electron chi connectivity index (χ4n) is 4.79. The molecule has 0 atom stereocenters. The second kappa shape index (κ2) is 11.8. The van der Waals surface area contributed by atoms with E-state index >= 15 is 0 Å². The third-order valence-electron chi connectivity index (χ3n) is 6.64. The van der Waals surface area contributed by atoms with Crippen molar-refractivity contribution in [3.05, 3.63) is 87.4 Å². The molecule has 0 aliphatic carbocycles. The van der Waals surface area contributed by atoms with Gasteiger partial charge in [-0.25, -0.2) is 13.1 Å². The first-order valence-corrected chi connectivity index (χ1v) is 15.0. The maximum absolute atomic E-state index is 14.2. The first kappa shape index (κ1) is 30.8. The second-order valence-corrected chi connectivity index (χ2v) is 11.9. The van der Waals surface area contributed by atoms with E-state index in [2.05, 4.69) is 10.0 Å². The van der Waals surface area contributed by atoms with Crippen LogP contribution >= 0.6 is 23.2 Å². The zero-order valence-electron chi connectivity index (χ0n) is 22.3. The fraction of sp³-hybridized carbons (Fsp3) is 0.172. The number of hydrogen-bond donors (Lipinski definition) is 4. The van der Waals surface area contributed by atoms with Crippen molar-refractivity contribution in [1.82, 2.24) is 10.0 Å². The van der Waals surface area contributed by atoms with Gasteiger partial charge in [0, 0.05) is 35.2 Å². The van der Waals surface area contributed by atoms with Crippen LogP contribution in [0.4, 0.5) is 13.2 Å². The molecule has 224 valence electrons. The number of amidine groups is 2. The van der Waals surface area contributed by atoms with Gasteiger partial charge in [0.2, 0.25) is 10.0 Å². The van der Waals surface area contributed by atoms with Gasteiger partial charge < -0.3 is 14.8 Å². The smallest absolute Gasteiger partial charge is 0.417 e. The van der Waals surface area contributed by atoms with Crippen molar-refractivity contribution in [2.45, 2.75) is 18.0 Å². The Labute approximate surface area is 254 Å². The van der Waals surface area contributed by atoms with Crippen LogP contribution in [0.2, 0.25) is 10.0 Å². The Hall–Kier alpha value is -3.68. The minimum Gasteiger partial charge on any atom is -0.455 e. The minimum atomic E-state index is -4.75. The number of sulfonamides is 1. The summed E-state index contributed by atoms with van der Waals surface area (Å²) in [5.74, 6) is -0.406. The van der Waals surface area contributed by atoms with Gasteiger partial charge >= 0.3 is 6.18 Å². The lowest BCUT2D eigenvalue weighted by Crippen LogP contribution is -2.27. The lowest BCUT2D eigenvalue weighted by atomic mass is 9.87. The third kappa shape index (κ3) is 5.93. The molecule has 0 saturated heterocycles. The molecule has 0 bridgehead atoms. The zero-order chi connectivity index (χ0) is 31.1. The molecule has 14 heteroatoms. The Morgan fingerprint density at radius 2 is 1.65 bits per heavy atom. The van der Waals surface area contributed by atoms with E-state index in [1.54, 1.807) is 6.92 Å². The number of benzene rings is 4. The van der Waals surface area contributed by atoms with Crippen molar-refractivity contribution in [2.75, 3.05) is 19.8 Å². The summed E-state index contributed by atoms with van der Waals surface area (Å²) in [6.07, 6.45) is -4.75. The molecule has 4 aromatic carbocycles. The Morgan fingerprint density at radius 3 is 2.33 bits per heavy atom. The van der Waals surface area contributed by atoms with E-state index < -0.39 is 21.8 Å². The highest BCUT2D eigenvalue weighted by atomic mass is 35.5. The molecule has 1 heterocycles. The van der Waals surface area contributed by atoms with E-state index in [0.29, 0.717) is 12.0 Å². The van der Waals surface area contributed by atoms with Crippen LogP contribution in [0.1, 0.15) is 23.6 Å². The number of ether oxygens (including phenoxy) is 2. The Bertz CT molecular complexity index is 1880. The molecule has 4 N–H and O–H groups in total. The molecule has 0 saturated carbocycles. The van der Waals surface area contributed by atoms with Crippen LogP contribution < -0.4 is 14.8 Å². The van der Waals surface area contributed by atoms with Crippen molar-refractivity contribution in [3.8, 4) is 22.6 Å². The van der Waals surface area contributed by atoms with E-state index in [1.807, 2.05) is 0 Å². The van der Waals surface area contributed by atoms with Gasteiger partial charge in [-0.3, -0.25) is 10.8 Å². The molecule has 0 amide bonds. The van der Waals surface area contributed by atoms with Crippen LogP contribution in [-0.4, -0.2) is 39.8 Å². The molecule has 0 fully saturated rings. The standard InChI is InChI=1S/C29H23Cl2F3N4O4S/c1-2-41-12-11-37-43(39,40)17-9-7-16(8-10-17)42-26-22-15(14-21(30)25(26)31)13-19-24(28(36)38-27(19)35)23(22)18-5-3-4-6-20(18)29(32,33)34/h3-10,13-14,37H,2,11-12H2,1H3,(H3,35,36,38). The Morgan fingerprint density at radius 1 is 0.953 bits per heavy atom. The summed E-state index contributed by atoms with van der Waals surface area (Å²) >= 11 is 13.0. The fourth-order valence-corrected chi connectivity index (χ4v) is 6.19. The third-order valence-corrected chi connectivity index (χ3v) is 8.89. The van der Waals surface area contributed by atoms with Crippen LogP contribution in [0, 0.1) is 10.8 Å². The van der Waals surface area contributed by atoms with Gasteiger partial charge in [-0.15, -0.1) is 0 Å². The second-order valence-electron chi connectivity index (χ2n) is 9.36. The summed E-state index contributed by atoms with van der Waals surface area (Å²) in [5.41, 5.74) is -0.955. The summed E-state index contributed by atoms with van der Waals surface area (Å²) in [5, 5.41) is 19.7. The number of nitrogens with one attached hydrogen (secondary N) is 4. The highest BCUT2D eigenvalue weighted by Gasteiger charge is 2.37. The molecule has 0 spiro atoms. The highest BCUT2D eigenvalue weighted by molar-refractivity contribution is 7.89. The van der Waals surface area contributed by atoms with Crippen molar-refractivity contribution in [2.24, 2.45) is 0 Å². The van der Waals surface area contributed by atoms with Crippen LogP contribution in [-0.2, 0) is 20.9 Å². The Kier molecular flexibility index (Phi) is 8.43. The first-order valence-electron chi connectivity index (χ1n) is 12.8. The molecule has 0 aromatic heterocycles. The summed E-state index contributed by atoms with van der Waals surface area (Å²) in [6, 6.07) is 13.2. The number of fused-ring (bicyclic) bond motifs is 2. The predicted molar refractivity (Wildman–Crippen MR) is 159 cm³/mol. The van der Waals surface area contributed by atoms with Gasteiger partial charge in [0.05, 0.1) is 22.1 Å². The molecule has 43 heavy (non-hydrogen) atoms. The van der Waals surface area contributed by atoms with Gasteiger partial charge in [0.25, 0.3) is 0 Å². The molecule has 1 aliphatic rings. The predicted octanol–water partition coefficient (Wildman–Crippen LogP) is 7.19. The van der Waals surface area contributed by atoms with Crippen molar-refractivity contribution < 1.29 is 31.1 Å². The van der Waals surface area contributed by atoms with Gasteiger partial charge in [-0.05, 0) is 60.3 Å². The SMILES string of the molecule is CCOCCNS(=O)(=O)c1ccc(Oc2c(Cl)c(Cl)cc3cc4c(c(-c5ccccc5C(F)(F)F)c23)C(=N)NC4=N)cc1. The summed E-state index contributed by atoms with van der Waals surface area (Å²) in [6.45, 7) is 2.51. The molecule has 4 aromatic rings. The van der Waals surface area contributed by atoms with Gasteiger partial charge in [0.1, 0.15) is 22.4 Å². The summed E-state index contributed by atoms with van der Waals surface area (Å²) < 4.78 is 81.7. The normalized spacial score (nSPS) is 13.3. The van der Waals surface area contributed by atoms with Crippen LogP contribution in [0.15, 0.2) is 65.6 Å². The molecule has 8 nitrogen and oxygen atoms in total. The average molecular weight is 651 g/mol. The van der Waals surface area contributed by atoms with Gasteiger partial charge in [-0.2, -0.15) is 13.2 Å². The van der Waals surface area contributed by atoms with E-state index in [9.17, 15) is 21.6 Å². The average Bonchev–Trinajstić information content (AvgIpc) is 3.24. The maximum atomic E-state index is 14.2. The molecule has 0 unspecified atom stereocenters. The monoisotopic (exact) mass is 650 g/mol. The number of alkyl halides is 3. The topological polar surface area (TPSA) is 124 Å². The van der Waals surface area contributed by atoms with Crippen LogP contribution in [0.3, 0.4) is 0 Å². The van der Waals surface area contributed by atoms with Gasteiger partial charge in [0.15, 0.2) is 5.75 Å². The molecule has 1 aliphatic heterocycles. The lowest BCUT2D eigenvalue weighted by Gasteiger charge is -2.21. The maximum Gasteiger partial charge on any atom is 0.417 e. The van der Waals surface area contributed by atoms with E-state index in [-0.39, 0.29) is 78.9 Å². The highest BCUT2D eigenvalue weighted by Crippen LogP contribution is 2.50. The van der Waals surface area contributed by atoms with Gasteiger partial charge in [-0.1, -0.05) is 41.4 Å². The van der Waals surface area contributed by atoms with E-state index in [4.69, 9.17) is 43.5 Å². The van der Waals surface area contributed by atoms with Crippen molar-refractivity contribution in [3.63, 3.8) is 0 Å². The largest absolute Gasteiger partial charge is 0.455 e. The number of rotatable bonds is 9. The van der Waals surface area contributed by atoms with Crippen molar-refractivity contribution in [1.29, 1.82) is 10.8 Å². The van der Waals surface area contributed by atoms with E-state index in [1.165, 1.54) is 54.6 Å². The summed E-state index contributed by atoms with van der Waals surface area (Å²) in [7, 11) is -3.85. The van der Waals surface area contributed by atoms with E-state index in [0.717, 1.165) is 6.07 Å². The molecule has 5 rings (SSSR count). The number of halogens is 5.